The van der Waals surface area contributed by atoms with Crippen molar-refractivity contribution in [3.63, 3.8) is 0 Å². The summed E-state index contributed by atoms with van der Waals surface area (Å²) >= 11 is 0. The van der Waals surface area contributed by atoms with E-state index >= 15 is 0 Å². The Hall–Kier alpha value is -1.64. The summed E-state index contributed by atoms with van der Waals surface area (Å²) in [7, 11) is 0. The van der Waals surface area contributed by atoms with Gasteiger partial charge in [-0.15, -0.1) is 0 Å². The van der Waals surface area contributed by atoms with Crippen LogP contribution in [0, 0.1) is 5.82 Å². The van der Waals surface area contributed by atoms with Crippen LogP contribution in [-0.4, -0.2) is 10.1 Å². The summed E-state index contributed by atoms with van der Waals surface area (Å²) in [6, 6.07) is 4.80. The molecular formula is C12H12FNO. The molecule has 0 saturated heterocycles. The number of aromatic nitrogens is 1. The van der Waals surface area contributed by atoms with E-state index in [0.29, 0.717) is 11.1 Å². The highest BCUT2D eigenvalue weighted by Crippen LogP contribution is 2.28. The molecule has 1 heterocycles. The lowest BCUT2D eigenvalue weighted by Gasteiger charge is -2.10. The maximum absolute atomic E-state index is 13.5. The SMILES string of the molecule is CC(C)c1c(F)cnc2cc(O)ccc12. The Bertz CT molecular complexity index is 508. The van der Waals surface area contributed by atoms with Crippen molar-refractivity contribution in [2.24, 2.45) is 0 Å². The van der Waals surface area contributed by atoms with E-state index in [1.54, 1.807) is 18.2 Å². The second-order valence-corrected chi connectivity index (χ2v) is 3.88. The van der Waals surface area contributed by atoms with Crippen LogP contribution in [0.1, 0.15) is 25.3 Å². The van der Waals surface area contributed by atoms with E-state index in [2.05, 4.69) is 4.98 Å². The van der Waals surface area contributed by atoms with E-state index in [1.165, 1.54) is 6.20 Å². The second kappa shape index (κ2) is 3.50. The number of aromatic hydroxyl groups is 1. The third-order valence-corrected chi connectivity index (χ3v) is 2.42. The Morgan fingerprint density at radius 1 is 1.33 bits per heavy atom. The van der Waals surface area contributed by atoms with E-state index < -0.39 is 0 Å². The van der Waals surface area contributed by atoms with Crippen LogP contribution in [-0.2, 0) is 0 Å². The van der Waals surface area contributed by atoms with Gasteiger partial charge in [0.2, 0.25) is 0 Å². The zero-order chi connectivity index (χ0) is 11.0. The van der Waals surface area contributed by atoms with Crippen molar-refractivity contribution in [3.05, 3.63) is 35.8 Å². The zero-order valence-corrected chi connectivity index (χ0v) is 8.66. The fraction of sp³-hybridized carbons (Fsp3) is 0.250. The number of fused-ring (bicyclic) bond motifs is 1. The summed E-state index contributed by atoms with van der Waals surface area (Å²) in [5.74, 6) is -0.0421. The van der Waals surface area contributed by atoms with Gasteiger partial charge in [-0.3, -0.25) is 4.98 Å². The summed E-state index contributed by atoms with van der Waals surface area (Å²) < 4.78 is 13.5. The van der Waals surface area contributed by atoms with Gasteiger partial charge in [-0.1, -0.05) is 13.8 Å². The van der Waals surface area contributed by atoms with E-state index in [4.69, 9.17) is 0 Å². The molecule has 2 aromatic rings. The molecule has 15 heavy (non-hydrogen) atoms. The molecule has 78 valence electrons. The van der Waals surface area contributed by atoms with Crippen LogP contribution in [0.5, 0.6) is 5.75 Å². The van der Waals surface area contributed by atoms with Gasteiger partial charge in [-0.25, -0.2) is 4.39 Å². The molecule has 2 rings (SSSR count). The van der Waals surface area contributed by atoms with Gasteiger partial charge in [0.25, 0.3) is 0 Å². The van der Waals surface area contributed by atoms with E-state index in [1.807, 2.05) is 13.8 Å². The zero-order valence-electron chi connectivity index (χ0n) is 8.66. The molecule has 0 unspecified atom stereocenters. The van der Waals surface area contributed by atoms with Crippen molar-refractivity contribution in [1.29, 1.82) is 0 Å². The van der Waals surface area contributed by atoms with Crippen LogP contribution >= 0.6 is 0 Å². The molecule has 0 atom stereocenters. The van der Waals surface area contributed by atoms with Crippen molar-refractivity contribution in [1.82, 2.24) is 4.98 Å². The van der Waals surface area contributed by atoms with Gasteiger partial charge in [0.15, 0.2) is 0 Å². The predicted octanol–water partition coefficient (Wildman–Crippen LogP) is 3.20. The molecule has 0 bridgehead atoms. The van der Waals surface area contributed by atoms with Crippen molar-refractivity contribution in [3.8, 4) is 5.75 Å². The smallest absolute Gasteiger partial charge is 0.145 e. The first-order valence-corrected chi connectivity index (χ1v) is 4.86. The Balaban J connectivity index is 2.82. The fourth-order valence-electron chi connectivity index (χ4n) is 1.77. The summed E-state index contributed by atoms with van der Waals surface area (Å²) in [6.45, 7) is 3.87. The highest BCUT2D eigenvalue weighted by molar-refractivity contribution is 5.83. The summed E-state index contributed by atoms with van der Waals surface area (Å²) in [5, 5.41) is 10.1. The molecule has 1 N–H and O–H groups in total. The Morgan fingerprint density at radius 3 is 2.73 bits per heavy atom. The maximum atomic E-state index is 13.5. The first kappa shape index (κ1) is 9.90. The number of hydrogen-bond donors (Lipinski definition) is 1. The summed E-state index contributed by atoms with van der Waals surface area (Å²) in [4.78, 5) is 3.95. The van der Waals surface area contributed by atoms with Crippen LogP contribution in [0.4, 0.5) is 4.39 Å². The first-order chi connectivity index (χ1) is 7.09. The molecule has 0 aliphatic rings. The van der Waals surface area contributed by atoms with Crippen LogP contribution in [0.25, 0.3) is 10.9 Å². The van der Waals surface area contributed by atoms with Gasteiger partial charge < -0.3 is 5.11 Å². The maximum Gasteiger partial charge on any atom is 0.145 e. The molecule has 0 saturated carbocycles. The van der Waals surface area contributed by atoms with Crippen molar-refractivity contribution >= 4 is 10.9 Å². The molecule has 0 radical (unpaired) electrons. The molecule has 0 aliphatic heterocycles. The predicted molar refractivity (Wildman–Crippen MR) is 57.5 cm³/mol. The first-order valence-electron chi connectivity index (χ1n) is 4.86. The molecule has 3 heteroatoms. The average molecular weight is 205 g/mol. The molecule has 0 amide bonds. The normalized spacial score (nSPS) is 11.2. The largest absolute Gasteiger partial charge is 0.508 e. The third kappa shape index (κ3) is 1.65. The lowest BCUT2D eigenvalue weighted by molar-refractivity contribution is 0.476. The van der Waals surface area contributed by atoms with Crippen molar-refractivity contribution in [2.75, 3.05) is 0 Å². The third-order valence-electron chi connectivity index (χ3n) is 2.42. The van der Waals surface area contributed by atoms with E-state index in [0.717, 1.165) is 5.39 Å². The van der Waals surface area contributed by atoms with Gasteiger partial charge in [0.1, 0.15) is 11.6 Å². The van der Waals surface area contributed by atoms with Crippen molar-refractivity contribution < 1.29 is 9.50 Å². The lowest BCUT2D eigenvalue weighted by Crippen LogP contribution is -1.96. The molecule has 0 aliphatic carbocycles. The van der Waals surface area contributed by atoms with Gasteiger partial charge in [0, 0.05) is 17.0 Å². The Kier molecular flexibility index (Phi) is 2.31. The topological polar surface area (TPSA) is 33.1 Å². The minimum absolute atomic E-state index is 0.0973. The number of benzene rings is 1. The van der Waals surface area contributed by atoms with Crippen molar-refractivity contribution in [2.45, 2.75) is 19.8 Å². The van der Waals surface area contributed by atoms with Crippen LogP contribution in [0.15, 0.2) is 24.4 Å². The van der Waals surface area contributed by atoms with Gasteiger partial charge in [-0.05, 0) is 18.1 Å². The van der Waals surface area contributed by atoms with E-state index in [9.17, 15) is 9.50 Å². The Morgan fingerprint density at radius 2 is 2.07 bits per heavy atom. The number of pyridine rings is 1. The highest BCUT2D eigenvalue weighted by atomic mass is 19.1. The number of phenols is 1. The quantitative estimate of drug-likeness (QED) is 0.775. The van der Waals surface area contributed by atoms with E-state index in [-0.39, 0.29) is 17.5 Å². The minimum Gasteiger partial charge on any atom is -0.508 e. The average Bonchev–Trinajstić information content (AvgIpc) is 2.17. The Labute approximate surface area is 87.4 Å². The summed E-state index contributed by atoms with van der Waals surface area (Å²) in [5.41, 5.74) is 1.28. The number of halogens is 1. The van der Waals surface area contributed by atoms with Crippen LogP contribution in [0.2, 0.25) is 0 Å². The van der Waals surface area contributed by atoms with Gasteiger partial charge >= 0.3 is 0 Å². The molecule has 1 aromatic carbocycles. The minimum atomic E-state index is -0.289. The lowest BCUT2D eigenvalue weighted by atomic mass is 9.98. The summed E-state index contributed by atoms with van der Waals surface area (Å²) in [6.07, 6.45) is 1.21. The van der Waals surface area contributed by atoms with Crippen LogP contribution in [0.3, 0.4) is 0 Å². The standard InChI is InChI=1S/C12H12FNO/c1-7(2)12-9-4-3-8(15)5-11(9)14-6-10(12)13/h3-7,15H,1-2H3. The number of nitrogens with zero attached hydrogens (tertiary/aromatic N) is 1. The monoisotopic (exact) mass is 205 g/mol. The van der Waals surface area contributed by atoms with Crippen LogP contribution < -0.4 is 0 Å². The highest BCUT2D eigenvalue weighted by Gasteiger charge is 2.12. The molecule has 1 aromatic heterocycles. The number of phenolic OH excluding ortho intramolecular Hbond substituents is 1. The number of hydrogen-bond acceptors (Lipinski definition) is 2. The van der Waals surface area contributed by atoms with Gasteiger partial charge in [0.05, 0.1) is 11.7 Å². The fourth-order valence-corrected chi connectivity index (χ4v) is 1.77. The molecule has 0 fully saturated rings. The number of rotatable bonds is 1. The molecular weight excluding hydrogens is 193 g/mol. The molecule has 2 nitrogen and oxygen atoms in total. The molecule has 0 spiro atoms. The second-order valence-electron chi connectivity index (χ2n) is 3.88. The van der Waals surface area contributed by atoms with Gasteiger partial charge in [-0.2, -0.15) is 0 Å².